The zero-order chi connectivity index (χ0) is 23.2. The smallest absolute Gasteiger partial charge is 0.269 e. The second-order valence-corrected chi connectivity index (χ2v) is 9.57. The SMILES string of the molecule is Cc1ccc(N2C(=O)CS[C@]23C(=O)N(CC(=O)Nc2cccc(Cl)c2)c2ccccc23)cc1. The first kappa shape index (κ1) is 21.6. The summed E-state index contributed by atoms with van der Waals surface area (Å²) in [6, 6.07) is 21.7. The zero-order valence-corrected chi connectivity index (χ0v) is 19.3. The first-order valence-corrected chi connectivity index (χ1v) is 11.8. The number of halogens is 1. The van der Waals surface area contributed by atoms with Crippen molar-refractivity contribution in [2.75, 3.05) is 27.4 Å². The molecule has 1 saturated heterocycles. The summed E-state index contributed by atoms with van der Waals surface area (Å²) in [5, 5.41) is 3.30. The topological polar surface area (TPSA) is 69.7 Å². The van der Waals surface area contributed by atoms with Crippen LogP contribution < -0.4 is 15.1 Å². The number of thioether (sulfide) groups is 1. The van der Waals surface area contributed by atoms with E-state index in [4.69, 9.17) is 11.6 Å². The summed E-state index contributed by atoms with van der Waals surface area (Å²) < 4.78 is 0. The third-order valence-electron chi connectivity index (χ3n) is 5.77. The van der Waals surface area contributed by atoms with Crippen LogP contribution in [0.2, 0.25) is 5.02 Å². The molecule has 3 aromatic carbocycles. The van der Waals surface area contributed by atoms with Gasteiger partial charge in [-0.1, -0.05) is 53.6 Å². The van der Waals surface area contributed by atoms with Gasteiger partial charge in [-0.05, 0) is 43.3 Å². The quantitative estimate of drug-likeness (QED) is 0.597. The molecule has 2 aliphatic heterocycles. The van der Waals surface area contributed by atoms with E-state index in [0.29, 0.717) is 27.6 Å². The number of hydrogen-bond acceptors (Lipinski definition) is 4. The maximum atomic E-state index is 13.9. The first-order valence-electron chi connectivity index (χ1n) is 10.4. The van der Waals surface area contributed by atoms with E-state index >= 15 is 0 Å². The van der Waals surface area contributed by atoms with Gasteiger partial charge in [0.2, 0.25) is 16.7 Å². The second-order valence-electron chi connectivity index (χ2n) is 7.96. The lowest BCUT2D eigenvalue weighted by Gasteiger charge is -2.33. The molecular formula is C25H20ClN3O3S. The van der Waals surface area contributed by atoms with Crippen LogP contribution in [-0.4, -0.2) is 30.0 Å². The minimum Gasteiger partial charge on any atom is -0.324 e. The number of carbonyl (C=O) groups is 3. The van der Waals surface area contributed by atoms with Crippen LogP contribution in [0.5, 0.6) is 0 Å². The number of rotatable bonds is 4. The lowest BCUT2D eigenvalue weighted by molar-refractivity contribution is -0.124. The lowest BCUT2D eigenvalue weighted by atomic mass is 10.0. The maximum absolute atomic E-state index is 13.9. The zero-order valence-electron chi connectivity index (χ0n) is 17.7. The van der Waals surface area contributed by atoms with Crippen LogP contribution in [0.1, 0.15) is 11.1 Å². The average Bonchev–Trinajstić information content (AvgIpc) is 3.26. The van der Waals surface area contributed by atoms with Gasteiger partial charge in [-0.15, -0.1) is 11.8 Å². The molecule has 0 unspecified atom stereocenters. The number of anilines is 3. The van der Waals surface area contributed by atoms with Crippen molar-refractivity contribution in [1.82, 2.24) is 0 Å². The van der Waals surface area contributed by atoms with Crippen LogP contribution in [0, 0.1) is 6.92 Å². The molecule has 0 aliphatic carbocycles. The minimum absolute atomic E-state index is 0.141. The Balaban J connectivity index is 1.51. The van der Waals surface area contributed by atoms with Gasteiger partial charge in [0, 0.05) is 22.0 Å². The molecule has 0 radical (unpaired) electrons. The standard InChI is InChI=1S/C25H20ClN3O3S/c1-16-9-11-19(12-10-16)29-23(31)15-33-25(29)20-7-2-3-8-21(20)28(24(25)32)14-22(30)27-18-6-4-5-17(26)13-18/h2-13H,14-15H2,1H3,(H,27,30)/t25-/m1/s1. The summed E-state index contributed by atoms with van der Waals surface area (Å²) in [5.41, 5.74) is 3.60. The average molecular weight is 478 g/mol. The van der Waals surface area contributed by atoms with E-state index in [1.165, 1.54) is 16.7 Å². The van der Waals surface area contributed by atoms with Crippen LogP contribution in [0.4, 0.5) is 17.1 Å². The molecule has 0 bridgehead atoms. The van der Waals surface area contributed by atoms with E-state index in [-0.39, 0.29) is 30.0 Å². The molecule has 1 atom stereocenters. The fourth-order valence-corrected chi connectivity index (χ4v) is 5.87. The summed E-state index contributed by atoms with van der Waals surface area (Å²) in [5.74, 6) is -0.622. The van der Waals surface area contributed by atoms with Crippen molar-refractivity contribution in [3.8, 4) is 0 Å². The van der Waals surface area contributed by atoms with E-state index in [1.807, 2.05) is 55.5 Å². The number of benzene rings is 3. The van der Waals surface area contributed by atoms with E-state index < -0.39 is 4.87 Å². The number of nitrogens with one attached hydrogen (secondary N) is 1. The Kier molecular flexibility index (Phi) is 5.38. The minimum atomic E-state index is -1.24. The van der Waals surface area contributed by atoms with Gasteiger partial charge in [0.05, 0.1) is 11.4 Å². The van der Waals surface area contributed by atoms with Gasteiger partial charge < -0.3 is 5.32 Å². The normalized spacial score (nSPS) is 19.3. The largest absolute Gasteiger partial charge is 0.324 e. The van der Waals surface area contributed by atoms with Gasteiger partial charge >= 0.3 is 0 Å². The highest BCUT2D eigenvalue weighted by atomic mass is 35.5. The van der Waals surface area contributed by atoms with E-state index in [2.05, 4.69) is 5.32 Å². The molecule has 1 N–H and O–H groups in total. The highest BCUT2D eigenvalue weighted by Gasteiger charge is 2.61. The fourth-order valence-electron chi connectivity index (χ4n) is 4.32. The Morgan fingerprint density at radius 3 is 2.58 bits per heavy atom. The van der Waals surface area contributed by atoms with Crippen molar-refractivity contribution >= 4 is 58.1 Å². The molecule has 6 nitrogen and oxygen atoms in total. The molecule has 0 aromatic heterocycles. The van der Waals surface area contributed by atoms with E-state index in [9.17, 15) is 14.4 Å². The molecule has 3 aromatic rings. The summed E-state index contributed by atoms with van der Waals surface area (Å²) >= 11 is 7.30. The number of nitrogens with zero attached hydrogens (tertiary/aromatic N) is 2. The Morgan fingerprint density at radius 2 is 1.82 bits per heavy atom. The highest BCUT2D eigenvalue weighted by molar-refractivity contribution is 8.02. The molecule has 2 heterocycles. The van der Waals surface area contributed by atoms with Crippen molar-refractivity contribution in [1.29, 1.82) is 0 Å². The Labute approximate surface area is 200 Å². The Hall–Kier alpha value is -3.29. The third-order valence-corrected chi connectivity index (χ3v) is 7.39. The van der Waals surface area contributed by atoms with Crippen LogP contribution >= 0.6 is 23.4 Å². The van der Waals surface area contributed by atoms with Gasteiger partial charge in [0.15, 0.2) is 0 Å². The Morgan fingerprint density at radius 1 is 1.06 bits per heavy atom. The number of aryl methyl sites for hydroxylation is 1. The van der Waals surface area contributed by atoms with Gasteiger partial charge in [-0.2, -0.15) is 0 Å². The number of amides is 3. The third kappa shape index (κ3) is 3.57. The molecule has 0 saturated carbocycles. The van der Waals surface area contributed by atoms with Crippen LogP contribution in [0.25, 0.3) is 0 Å². The van der Waals surface area contributed by atoms with Gasteiger partial charge in [-0.3, -0.25) is 24.2 Å². The molecule has 3 amide bonds. The molecule has 2 aliphatic rings. The summed E-state index contributed by atoms with van der Waals surface area (Å²) in [7, 11) is 0. The van der Waals surface area contributed by atoms with Crippen LogP contribution in [0.15, 0.2) is 72.8 Å². The predicted molar refractivity (Wildman–Crippen MR) is 132 cm³/mol. The fraction of sp³-hybridized carbons (Fsp3) is 0.160. The summed E-state index contributed by atoms with van der Waals surface area (Å²) in [6.07, 6.45) is 0. The molecule has 8 heteroatoms. The van der Waals surface area contributed by atoms with Gasteiger partial charge in [0.25, 0.3) is 5.91 Å². The number of hydrogen-bond donors (Lipinski definition) is 1. The van der Waals surface area contributed by atoms with E-state index in [0.717, 1.165) is 5.56 Å². The van der Waals surface area contributed by atoms with Gasteiger partial charge in [-0.25, -0.2) is 0 Å². The van der Waals surface area contributed by atoms with Crippen molar-refractivity contribution in [3.05, 3.63) is 88.9 Å². The van der Waals surface area contributed by atoms with Gasteiger partial charge in [0.1, 0.15) is 6.54 Å². The number of carbonyl (C=O) groups excluding carboxylic acids is 3. The maximum Gasteiger partial charge on any atom is 0.269 e. The van der Waals surface area contributed by atoms with Crippen molar-refractivity contribution in [3.63, 3.8) is 0 Å². The van der Waals surface area contributed by atoms with Crippen LogP contribution in [-0.2, 0) is 19.3 Å². The highest BCUT2D eigenvalue weighted by Crippen LogP contribution is 2.55. The number of para-hydroxylation sites is 1. The van der Waals surface area contributed by atoms with Crippen molar-refractivity contribution in [2.24, 2.45) is 0 Å². The Bertz CT molecular complexity index is 1280. The monoisotopic (exact) mass is 477 g/mol. The second kappa shape index (κ2) is 8.24. The molecule has 166 valence electrons. The van der Waals surface area contributed by atoms with Crippen LogP contribution in [0.3, 0.4) is 0 Å². The molecule has 1 spiro atoms. The summed E-state index contributed by atoms with van der Waals surface area (Å²) in [4.78, 5) is 41.6. The predicted octanol–water partition coefficient (Wildman–Crippen LogP) is 4.57. The molecule has 1 fully saturated rings. The first-order chi connectivity index (χ1) is 15.9. The van der Waals surface area contributed by atoms with E-state index in [1.54, 1.807) is 29.2 Å². The molecule has 33 heavy (non-hydrogen) atoms. The molecular weight excluding hydrogens is 458 g/mol. The van der Waals surface area contributed by atoms with Crippen molar-refractivity contribution in [2.45, 2.75) is 11.8 Å². The summed E-state index contributed by atoms with van der Waals surface area (Å²) in [6.45, 7) is 1.79. The molecule has 5 rings (SSSR count). The van der Waals surface area contributed by atoms with Crippen molar-refractivity contribution < 1.29 is 14.4 Å². The number of fused-ring (bicyclic) bond motifs is 2. The lowest BCUT2D eigenvalue weighted by Crippen LogP contribution is -2.50.